The smallest absolute Gasteiger partial charge is 0.267 e. The highest BCUT2D eigenvalue weighted by Crippen LogP contribution is 2.34. The summed E-state index contributed by atoms with van der Waals surface area (Å²) in [7, 11) is 0. The van der Waals surface area contributed by atoms with E-state index in [4.69, 9.17) is 0 Å². The normalized spacial score (nSPS) is 24.1. The maximum Gasteiger partial charge on any atom is 0.274 e. The Morgan fingerprint density at radius 1 is 1.35 bits per heavy atom. The maximum atomic E-state index is 12.6. The van der Waals surface area contributed by atoms with E-state index < -0.39 is 0 Å². The van der Waals surface area contributed by atoms with Crippen molar-refractivity contribution in [1.82, 2.24) is 5.01 Å². The fourth-order valence-corrected chi connectivity index (χ4v) is 3.01. The molecular formula is C17H20N2O. The van der Waals surface area contributed by atoms with Crippen LogP contribution in [0.1, 0.15) is 37.0 Å². The number of carbonyl (C=O) groups excluding carboxylic acids is 1. The van der Waals surface area contributed by atoms with E-state index in [0.29, 0.717) is 17.4 Å². The Kier molecular flexibility index (Phi) is 3.43. The first-order chi connectivity index (χ1) is 9.66. The Morgan fingerprint density at radius 2 is 2.10 bits per heavy atom. The minimum atomic E-state index is 0.00547. The lowest BCUT2D eigenvalue weighted by molar-refractivity contribution is 0.0728. The van der Waals surface area contributed by atoms with Crippen molar-refractivity contribution < 1.29 is 4.79 Å². The van der Waals surface area contributed by atoms with Crippen LogP contribution in [0.15, 0.2) is 47.6 Å². The summed E-state index contributed by atoms with van der Waals surface area (Å²) in [5.74, 6) is 0.970. The van der Waals surface area contributed by atoms with Gasteiger partial charge in [0.2, 0.25) is 0 Å². The zero-order chi connectivity index (χ0) is 14.1. The highest BCUT2D eigenvalue weighted by Gasteiger charge is 2.40. The van der Waals surface area contributed by atoms with E-state index in [0.717, 1.165) is 12.8 Å². The largest absolute Gasteiger partial charge is 0.274 e. The molecule has 1 aliphatic heterocycles. The molecule has 0 saturated carbocycles. The van der Waals surface area contributed by atoms with E-state index >= 15 is 0 Å². The summed E-state index contributed by atoms with van der Waals surface area (Å²) < 4.78 is 0. The van der Waals surface area contributed by atoms with Gasteiger partial charge in [-0.05, 0) is 30.9 Å². The summed E-state index contributed by atoms with van der Waals surface area (Å²) in [6, 6.07) is 9.54. The molecule has 0 fully saturated rings. The molecule has 1 amide bonds. The van der Waals surface area contributed by atoms with Crippen LogP contribution in [0.2, 0.25) is 0 Å². The molecule has 0 saturated heterocycles. The van der Waals surface area contributed by atoms with Gasteiger partial charge in [0.1, 0.15) is 0 Å². The van der Waals surface area contributed by atoms with Crippen molar-refractivity contribution >= 4 is 11.6 Å². The Balaban J connectivity index is 1.87. The Hall–Kier alpha value is -1.90. The van der Waals surface area contributed by atoms with Gasteiger partial charge in [-0.1, -0.05) is 44.2 Å². The van der Waals surface area contributed by atoms with Crippen LogP contribution in [-0.2, 0) is 0 Å². The predicted octanol–water partition coefficient (Wildman–Crippen LogP) is 3.49. The second kappa shape index (κ2) is 5.23. The summed E-state index contributed by atoms with van der Waals surface area (Å²) in [6.07, 6.45) is 6.29. The van der Waals surface area contributed by atoms with Crippen LogP contribution < -0.4 is 0 Å². The first-order valence-electron chi connectivity index (χ1n) is 7.29. The molecule has 20 heavy (non-hydrogen) atoms. The monoisotopic (exact) mass is 268 g/mol. The number of hydrazone groups is 1. The van der Waals surface area contributed by atoms with Crippen LogP contribution in [-0.4, -0.2) is 22.7 Å². The Bertz CT molecular complexity index is 560. The maximum absolute atomic E-state index is 12.6. The zero-order valence-corrected chi connectivity index (χ0v) is 12.0. The van der Waals surface area contributed by atoms with E-state index in [1.807, 2.05) is 30.3 Å². The fraction of sp³-hybridized carbons (Fsp3) is 0.412. The van der Waals surface area contributed by atoms with Gasteiger partial charge in [0.15, 0.2) is 0 Å². The molecule has 0 N–H and O–H groups in total. The zero-order valence-electron chi connectivity index (χ0n) is 12.0. The number of benzene rings is 1. The number of rotatable bonds is 3. The van der Waals surface area contributed by atoms with Gasteiger partial charge in [-0.2, -0.15) is 5.10 Å². The number of nitrogens with zero attached hydrogens (tertiary/aromatic N) is 2. The standard InChI is InChI=1S/C17H20N2O/c1-12(2)11-15-14-9-6-10-16(14)19(18-15)17(20)13-7-4-3-5-8-13/h3-8,10,12,14,16H,9,11H2,1-2H3/t14-,16-/m0/s1. The van der Waals surface area contributed by atoms with Gasteiger partial charge in [0.25, 0.3) is 5.91 Å². The van der Waals surface area contributed by atoms with Gasteiger partial charge >= 0.3 is 0 Å². The minimum absolute atomic E-state index is 0.00547. The molecule has 1 heterocycles. The molecule has 2 aliphatic rings. The molecule has 0 bridgehead atoms. The molecule has 1 aliphatic carbocycles. The van der Waals surface area contributed by atoms with Gasteiger partial charge in [-0.15, -0.1) is 0 Å². The highest BCUT2D eigenvalue weighted by atomic mass is 16.2. The molecule has 2 atom stereocenters. The van der Waals surface area contributed by atoms with Crippen molar-refractivity contribution in [2.75, 3.05) is 0 Å². The quantitative estimate of drug-likeness (QED) is 0.772. The third kappa shape index (κ3) is 2.28. The molecule has 0 spiro atoms. The van der Waals surface area contributed by atoms with Crippen LogP contribution in [0, 0.1) is 11.8 Å². The van der Waals surface area contributed by atoms with Crippen LogP contribution >= 0.6 is 0 Å². The van der Waals surface area contributed by atoms with E-state index in [9.17, 15) is 4.79 Å². The lowest BCUT2D eigenvalue weighted by Gasteiger charge is -2.20. The molecule has 0 unspecified atom stereocenters. The van der Waals surface area contributed by atoms with Crippen molar-refractivity contribution in [3.8, 4) is 0 Å². The molecule has 1 aromatic carbocycles. The summed E-state index contributed by atoms with van der Waals surface area (Å²) in [5.41, 5.74) is 1.89. The summed E-state index contributed by atoms with van der Waals surface area (Å²) in [5, 5.41) is 6.32. The number of hydrogen-bond donors (Lipinski definition) is 0. The second-order valence-electron chi connectivity index (χ2n) is 5.97. The molecule has 3 heteroatoms. The Morgan fingerprint density at radius 3 is 2.80 bits per heavy atom. The number of fused-ring (bicyclic) bond motifs is 1. The van der Waals surface area contributed by atoms with Crippen molar-refractivity contribution in [3.63, 3.8) is 0 Å². The molecule has 0 radical (unpaired) electrons. The lowest BCUT2D eigenvalue weighted by Crippen LogP contribution is -2.34. The second-order valence-corrected chi connectivity index (χ2v) is 5.97. The van der Waals surface area contributed by atoms with Crippen molar-refractivity contribution in [2.45, 2.75) is 32.7 Å². The van der Waals surface area contributed by atoms with Gasteiger partial charge in [-0.3, -0.25) is 4.79 Å². The number of carbonyl (C=O) groups is 1. The van der Waals surface area contributed by atoms with E-state index in [-0.39, 0.29) is 11.9 Å². The molecule has 3 nitrogen and oxygen atoms in total. The lowest BCUT2D eigenvalue weighted by atomic mass is 9.92. The van der Waals surface area contributed by atoms with Crippen LogP contribution in [0.25, 0.3) is 0 Å². The molecule has 0 aromatic heterocycles. The first kappa shape index (κ1) is 13.1. The van der Waals surface area contributed by atoms with Gasteiger partial charge in [-0.25, -0.2) is 5.01 Å². The van der Waals surface area contributed by atoms with Crippen LogP contribution in [0.3, 0.4) is 0 Å². The van der Waals surface area contributed by atoms with E-state index in [2.05, 4.69) is 31.1 Å². The van der Waals surface area contributed by atoms with Crippen molar-refractivity contribution in [3.05, 3.63) is 48.0 Å². The van der Waals surface area contributed by atoms with Crippen LogP contribution in [0.5, 0.6) is 0 Å². The first-order valence-corrected chi connectivity index (χ1v) is 7.29. The summed E-state index contributed by atoms with van der Waals surface area (Å²) in [4.78, 5) is 12.6. The topological polar surface area (TPSA) is 32.7 Å². The Labute approximate surface area is 120 Å². The number of hydrogen-bond acceptors (Lipinski definition) is 2. The van der Waals surface area contributed by atoms with Crippen LogP contribution in [0.4, 0.5) is 0 Å². The third-order valence-electron chi connectivity index (χ3n) is 3.93. The molecular weight excluding hydrogens is 248 g/mol. The average molecular weight is 268 g/mol. The SMILES string of the molecule is CC(C)CC1=NN(C(=O)c2ccccc2)[C@H]2C=CC[C@@H]12. The number of allylic oxidation sites excluding steroid dienone is 1. The summed E-state index contributed by atoms with van der Waals surface area (Å²) >= 11 is 0. The predicted molar refractivity (Wildman–Crippen MR) is 80.5 cm³/mol. The van der Waals surface area contributed by atoms with Crippen molar-refractivity contribution in [1.29, 1.82) is 0 Å². The molecule has 104 valence electrons. The molecule has 3 rings (SSSR count). The van der Waals surface area contributed by atoms with E-state index in [1.165, 1.54) is 5.71 Å². The highest BCUT2D eigenvalue weighted by molar-refractivity contribution is 5.99. The van der Waals surface area contributed by atoms with Gasteiger partial charge < -0.3 is 0 Å². The average Bonchev–Trinajstić information content (AvgIpc) is 3.02. The third-order valence-corrected chi connectivity index (χ3v) is 3.93. The van der Waals surface area contributed by atoms with Crippen molar-refractivity contribution in [2.24, 2.45) is 16.9 Å². The fourth-order valence-electron chi connectivity index (χ4n) is 3.01. The summed E-state index contributed by atoms with van der Waals surface area (Å²) in [6.45, 7) is 4.39. The van der Waals surface area contributed by atoms with Gasteiger partial charge in [0.05, 0.1) is 6.04 Å². The van der Waals surface area contributed by atoms with Gasteiger partial charge in [0, 0.05) is 17.2 Å². The van der Waals surface area contributed by atoms with E-state index in [1.54, 1.807) is 5.01 Å². The molecule has 1 aromatic rings. The minimum Gasteiger partial charge on any atom is -0.267 e. The number of amides is 1.